The molecule has 0 unspecified atom stereocenters. The number of unbranched alkanes of at least 4 members (excludes halogenated alkanes) is 3. The van der Waals surface area contributed by atoms with E-state index in [2.05, 4.69) is 61.4 Å². The summed E-state index contributed by atoms with van der Waals surface area (Å²) in [5, 5.41) is 11.1. The first kappa shape index (κ1) is 18.6. The van der Waals surface area contributed by atoms with Gasteiger partial charge in [0.25, 0.3) is 0 Å². The summed E-state index contributed by atoms with van der Waals surface area (Å²) in [4.78, 5) is 0. The van der Waals surface area contributed by atoms with Gasteiger partial charge in [0.1, 0.15) is 13.8 Å². The van der Waals surface area contributed by atoms with Gasteiger partial charge in [-0.2, -0.15) is 0 Å². The molecule has 3 heteroatoms. The van der Waals surface area contributed by atoms with Crippen molar-refractivity contribution in [1.82, 2.24) is 0 Å². The largest absolute Gasteiger partial charge is 0.494 e. The van der Waals surface area contributed by atoms with Crippen molar-refractivity contribution >= 4 is 18.8 Å². The summed E-state index contributed by atoms with van der Waals surface area (Å²) in [7, 11) is -1.34. The highest BCUT2D eigenvalue weighted by Gasteiger charge is 2.07. The molecule has 0 saturated heterocycles. The molecule has 0 fully saturated rings. The molecule has 24 heavy (non-hydrogen) atoms. The molecule has 0 aliphatic carbocycles. The number of aliphatic hydroxyl groups is 1. The Bertz CT molecular complexity index is 720. The molecule has 0 amide bonds. The molecule has 2 aromatic rings. The average molecular weight is 341 g/mol. The van der Waals surface area contributed by atoms with Gasteiger partial charge in [0, 0.05) is 12.2 Å². The lowest BCUT2D eigenvalue weighted by Gasteiger charge is -2.08. The molecule has 0 radical (unpaired) electrons. The average Bonchev–Trinajstić information content (AvgIpc) is 2.55. The summed E-state index contributed by atoms with van der Waals surface area (Å²) in [6.07, 6.45) is 4.09. The van der Waals surface area contributed by atoms with Crippen molar-refractivity contribution in [3.63, 3.8) is 0 Å². The van der Waals surface area contributed by atoms with Crippen LogP contribution in [-0.4, -0.2) is 26.4 Å². The van der Waals surface area contributed by atoms with Crippen LogP contribution in [0, 0.1) is 11.5 Å². The third-order valence-corrected chi connectivity index (χ3v) is 4.59. The molecule has 1 N–H and O–H groups in total. The van der Waals surface area contributed by atoms with E-state index in [0.29, 0.717) is 0 Å². The Morgan fingerprint density at radius 2 is 1.62 bits per heavy atom. The van der Waals surface area contributed by atoms with E-state index in [-0.39, 0.29) is 6.61 Å². The molecular weight excluding hydrogens is 312 g/mol. The summed E-state index contributed by atoms with van der Waals surface area (Å²) >= 11 is 0. The fourth-order valence-corrected chi connectivity index (χ4v) is 2.93. The molecule has 2 nitrogen and oxygen atoms in total. The number of benzene rings is 2. The Kier molecular flexibility index (Phi) is 6.90. The number of hydrogen-bond acceptors (Lipinski definition) is 2. The Labute approximate surface area is 146 Å². The van der Waals surface area contributed by atoms with E-state index in [1.807, 2.05) is 6.07 Å². The second-order valence-electron chi connectivity index (χ2n) is 7.21. The van der Waals surface area contributed by atoms with Crippen LogP contribution in [0.1, 0.15) is 31.2 Å². The maximum atomic E-state index is 8.76. The Hall–Kier alpha value is -1.76. The lowest BCUT2D eigenvalue weighted by Crippen LogP contribution is -2.16. The molecule has 0 bridgehead atoms. The molecule has 0 spiro atoms. The van der Waals surface area contributed by atoms with Gasteiger partial charge in [0.05, 0.1) is 6.61 Å². The van der Waals surface area contributed by atoms with E-state index >= 15 is 0 Å². The molecule has 128 valence electrons. The van der Waals surface area contributed by atoms with Gasteiger partial charge in [-0.1, -0.05) is 44.1 Å². The first-order valence-electron chi connectivity index (χ1n) is 8.79. The Morgan fingerprint density at radius 1 is 0.917 bits per heavy atom. The zero-order valence-electron chi connectivity index (χ0n) is 15.1. The van der Waals surface area contributed by atoms with Gasteiger partial charge in [-0.15, -0.1) is 5.54 Å². The van der Waals surface area contributed by atoms with E-state index in [0.717, 1.165) is 43.6 Å². The number of aliphatic hydroxyl groups excluding tert-OH is 1. The fraction of sp³-hybridized carbons (Fsp3) is 0.429. The van der Waals surface area contributed by atoms with Gasteiger partial charge >= 0.3 is 0 Å². The molecular formula is C21H28O2Si. The van der Waals surface area contributed by atoms with Gasteiger partial charge in [0.2, 0.25) is 0 Å². The van der Waals surface area contributed by atoms with Gasteiger partial charge in [-0.05, 0) is 54.3 Å². The molecule has 2 aromatic carbocycles. The predicted molar refractivity (Wildman–Crippen MR) is 105 cm³/mol. The Balaban J connectivity index is 1.97. The van der Waals surface area contributed by atoms with Gasteiger partial charge in [-0.25, -0.2) is 0 Å². The Morgan fingerprint density at radius 3 is 2.38 bits per heavy atom. The maximum absolute atomic E-state index is 8.76. The summed E-state index contributed by atoms with van der Waals surface area (Å²) in [5.74, 6) is 4.23. The first-order valence-corrected chi connectivity index (χ1v) is 12.3. The van der Waals surface area contributed by atoms with E-state index < -0.39 is 8.07 Å². The zero-order chi connectivity index (χ0) is 17.4. The minimum Gasteiger partial charge on any atom is -0.494 e. The van der Waals surface area contributed by atoms with Crippen LogP contribution in [0.2, 0.25) is 19.6 Å². The summed E-state index contributed by atoms with van der Waals surface area (Å²) in [6.45, 7) is 7.80. The van der Waals surface area contributed by atoms with Crippen molar-refractivity contribution < 1.29 is 9.84 Å². The number of rotatable bonds is 7. The molecule has 0 saturated carbocycles. The third kappa shape index (κ3) is 6.39. The van der Waals surface area contributed by atoms with Crippen molar-refractivity contribution in [2.45, 2.75) is 45.3 Å². The lowest BCUT2D eigenvalue weighted by atomic mass is 10.1. The summed E-state index contributed by atoms with van der Waals surface area (Å²) in [5.41, 5.74) is 4.50. The SMILES string of the molecule is C[Si](C)(C)C#Cc1ccc2cc(OCCCCCCO)ccc2c1. The van der Waals surface area contributed by atoms with Gasteiger partial charge in [0.15, 0.2) is 0 Å². The normalized spacial score (nSPS) is 11.2. The van der Waals surface area contributed by atoms with Crippen LogP contribution in [0.25, 0.3) is 10.8 Å². The van der Waals surface area contributed by atoms with Crippen molar-refractivity contribution in [2.24, 2.45) is 0 Å². The standard InChI is InChI=1S/C21H28O2Si/c1-24(2,3)15-12-18-8-9-20-17-21(11-10-19(20)16-18)23-14-7-5-4-6-13-22/h8-11,16-17,22H,4-7,13-14H2,1-3H3. The van der Waals surface area contributed by atoms with Crippen LogP contribution in [-0.2, 0) is 0 Å². The number of fused-ring (bicyclic) bond motifs is 1. The second kappa shape index (κ2) is 8.91. The summed E-state index contributed by atoms with van der Waals surface area (Å²) < 4.78 is 5.83. The van der Waals surface area contributed by atoms with E-state index in [4.69, 9.17) is 9.84 Å². The highest BCUT2D eigenvalue weighted by molar-refractivity contribution is 6.83. The van der Waals surface area contributed by atoms with Crippen molar-refractivity contribution in [2.75, 3.05) is 13.2 Å². The zero-order valence-corrected chi connectivity index (χ0v) is 16.1. The molecule has 0 aliphatic heterocycles. The molecule has 0 atom stereocenters. The van der Waals surface area contributed by atoms with Crippen LogP contribution < -0.4 is 4.74 Å². The van der Waals surface area contributed by atoms with Crippen LogP contribution in [0.4, 0.5) is 0 Å². The quantitative estimate of drug-likeness (QED) is 0.436. The summed E-state index contributed by atoms with van der Waals surface area (Å²) in [6, 6.07) is 12.6. The number of hydrogen-bond donors (Lipinski definition) is 1. The molecule has 0 aliphatic rings. The van der Waals surface area contributed by atoms with Crippen molar-refractivity contribution in [3.8, 4) is 17.2 Å². The van der Waals surface area contributed by atoms with Gasteiger partial charge < -0.3 is 9.84 Å². The predicted octanol–water partition coefficient (Wildman–Crippen LogP) is 5.00. The van der Waals surface area contributed by atoms with Gasteiger partial charge in [-0.3, -0.25) is 0 Å². The van der Waals surface area contributed by atoms with Crippen LogP contribution in [0.15, 0.2) is 36.4 Å². The van der Waals surface area contributed by atoms with Crippen LogP contribution >= 0.6 is 0 Å². The highest BCUT2D eigenvalue weighted by atomic mass is 28.3. The lowest BCUT2D eigenvalue weighted by molar-refractivity contribution is 0.273. The second-order valence-corrected chi connectivity index (χ2v) is 12.0. The van der Waals surface area contributed by atoms with E-state index in [1.54, 1.807) is 0 Å². The fourth-order valence-electron chi connectivity index (χ4n) is 2.41. The van der Waals surface area contributed by atoms with Crippen molar-refractivity contribution in [3.05, 3.63) is 42.0 Å². The minimum atomic E-state index is -1.34. The first-order chi connectivity index (χ1) is 11.5. The smallest absolute Gasteiger partial charge is 0.129 e. The highest BCUT2D eigenvalue weighted by Crippen LogP contribution is 2.22. The number of ether oxygens (including phenoxy) is 1. The maximum Gasteiger partial charge on any atom is 0.129 e. The molecule has 0 heterocycles. The van der Waals surface area contributed by atoms with E-state index in [9.17, 15) is 0 Å². The molecule has 0 aromatic heterocycles. The van der Waals surface area contributed by atoms with Crippen molar-refractivity contribution in [1.29, 1.82) is 0 Å². The van der Waals surface area contributed by atoms with E-state index in [1.165, 1.54) is 10.8 Å². The van der Waals surface area contributed by atoms with Crippen LogP contribution in [0.3, 0.4) is 0 Å². The monoisotopic (exact) mass is 340 g/mol. The third-order valence-electron chi connectivity index (χ3n) is 3.71. The van der Waals surface area contributed by atoms with Crippen LogP contribution in [0.5, 0.6) is 5.75 Å². The molecule has 2 rings (SSSR count). The minimum absolute atomic E-state index is 0.288. The topological polar surface area (TPSA) is 29.5 Å².